The molecule has 0 saturated heterocycles. The van der Waals surface area contributed by atoms with Crippen molar-refractivity contribution in [3.05, 3.63) is 29.8 Å². The van der Waals surface area contributed by atoms with Crippen molar-refractivity contribution in [1.82, 2.24) is 0 Å². The predicted octanol–water partition coefficient (Wildman–Crippen LogP) is 2.84. The van der Waals surface area contributed by atoms with Crippen LogP contribution in [-0.2, 0) is 11.2 Å². The number of amides is 1. The molecule has 0 bridgehead atoms. The summed E-state index contributed by atoms with van der Waals surface area (Å²) in [7, 11) is 0. The van der Waals surface area contributed by atoms with Gasteiger partial charge < -0.3 is 5.32 Å². The van der Waals surface area contributed by atoms with Crippen molar-refractivity contribution in [2.75, 3.05) is 5.32 Å². The van der Waals surface area contributed by atoms with E-state index in [0.717, 1.165) is 12.1 Å². The van der Waals surface area contributed by atoms with Crippen LogP contribution in [0.15, 0.2) is 24.3 Å². The van der Waals surface area contributed by atoms with E-state index in [-0.39, 0.29) is 17.2 Å². The molecule has 1 aromatic carbocycles. The molecule has 1 N–H and O–H groups in total. The number of para-hydroxylation sites is 1. The summed E-state index contributed by atoms with van der Waals surface area (Å²) in [4.78, 5) is 11.9. The number of hydrogen-bond acceptors (Lipinski definition) is 1. The van der Waals surface area contributed by atoms with Crippen molar-refractivity contribution >= 4 is 11.6 Å². The molecule has 1 aromatic rings. The van der Waals surface area contributed by atoms with Crippen molar-refractivity contribution in [2.45, 2.75) is 27.2 Å². The molecular formula is C13H17NO. The Morgan fingerprint density at radius 2 is 1.93 bits per heavy atom. The maximum Gasteiger partial charge on any atom is 0.228 e. The highest BCUT2D eigenvalue weighted by Crippen LogP contribution is 2.35. The highest BCUT2D eigenvalue weighted by molar-refractivity contribution is 5.96. The van der Waals surface area contributed by atoms with Gasteiger partial charge in [0.2, 0.25) is 5.91 Å². The molecule has 1 aliphatic rings. The lowest BCUT2D eigenvalue weighted by atomic mass is 9.75. The average Bonchev–Trinajstić information content (AvgIpc) is 2.15. The summed E-state index contributed by atoms with van der Waals surface area (Å²) in [5.74, 6) is 0.230. The third-order valence-electron chi connectivity index (χ3n) is 3.06. The van der Waals surface area contributed by atoms with Crippen LogP contribution < -0.4 is 5.32 Å². The molecule has 2 rings (SSSR count). The quantitative estimate of drug-likeness (QED) is 0.690. The number of benzene rings is 1. The van der Waals surface area contributed by atoms with Gasteiger partial charge in [0.05, 0.1) is 0 Å². The fourth-order valence-corrected chi connectivity index (χ4v) is 2.05. The van der Waals surface area contributed by atoms with Gasteiger partial charge in [0, 0.05) is 11.6 Å². The standard InChI is InChI=1S/C13H17NO/c1-13(2,3)10-8-9-6-4-5-7-11(9)14-12(10)15/h4-7,10H,8H2,1-3H3,(H,14,15). The van der Waals surface area contributed by atoms with E-state index >= 15 is 0 Å². The zero-order valence-corrected chi connectivity index (χ0v) is 9.50. The Labute approximate surface area is 90.7 Å². The summed E-state index contributed by atoms with van der Waals surface area (Å²) in [6.07, 6.45) is 0.853. The zero-order chi connectivity index (χ0) is 11.1. The molecule has 1 unspecified atom stereocenters. The molecule has 0 saturated carbocycles. The minimum atomic E-state index is 0.0254. The molecule has 1 amide bonds. The van der Waals surface area contributed by atoms with Gasteiger partial charge in [0.25, 0.3) is 0 Å². The molecule has 1 aliphatic heterocycles. The largest absolute Gasteiger partial charge is 0.326 e. The summed E-state index contributed by atoms with van der Waals surface area (Å²) in [5.41, 5.74) is 2.25. The van der Waals surface area contributed by atoms with Gasteiger partial charge in [-0.15, -0.1) is 0 Å². The van der Waals surface area contributed by atoms with Crippen LogP contribution in [0.4, 0.5) is 5.69 Å². The Hall–Kier alpha value is -1.31. The second-order valence-corrected chi connectivity index (χ2v) is 5.27. The normalized spacial score (nSPS) is 20.7. The Bertz CT molecular complexity index is 390. The first kappa shape index (κ1) is 10.2. The van der Waals surface area contributed by atoms with Crippen LogP contribution in [-0.4, -0.2) is 5.91 Å². The SMILES string of the molecule is CC(C)(C)C1Cc2ccccc2NC1=O. The topological polar surface area (TPSA) is 29.1 Å². The summed E-state index contributed by atoms with van der Waals surface area (Å²) < 4.78 is 0. The van der Waals surface area contributed by atoms with Crippen molar-refractivity contribution < 1.29 is 4.79 Å². The minimum absolute atomic E-state index is 0.0254. The summed E-state index contributed by atoms with van der Waals surface area (Å²) >= 11 is 0. The molecule has 80 valence electrons. The van der Waals surface area contributed by atoms with Gasteiger partial charge >= 0.3 is 0 Å². The molecule has 0 aromatic heterocycles. The molecular weight excluding hydrogens is 186 g/mol. The first-order valence-electron chi connectivity index (χ1n) is 5.37. The number of carbonyl (C=O) groups is 1. The molecule has 1 atom stereocenters. The van der Waals surface area contributed by atoms with Gasteiger partial charge in [-0.3, -0.25) is 4.79 Å². The maximum absolute atomic E-state index is 11.9. The Morgan fingerprint density at radius 1 is 1.27 bits per heavy atom. The Morgan fingerprint density at radius 3 is 2.60 bits per heavy atom. The number of rotatable bonds is 0. The third-order valence-corrected chi connectivity index (χ3v) is 3.06. The summed E-state index contributed by atoms with van der Waals surface area (Å²) in [6, 6.07) is 8.03. The number of fused-ring (bicyclic) bond motifs is 1. The lowest BCUT2D eigenvalue weighted by molar-refractivity contribution is -0.123. The molecule has 0 radical (unpaired) electrons. The van der Waals surface area contributed by atoms with Gasteiger partial charge in [0.1, 0.15) is 0 Å². The van der Waals surface area contributed by atoms with E-state index in [2.05, 4.69) is 32.2 Å². The van der Waals surface area contributed by atoms with Gasteiger partial charge in [-0.05, 0) is 23.5 Å². The third kappa shape index (κ3) is 1.89. The van der Waals surface area contributed by atoms with Crippen molar-refractivity contribution in [1.29, 1.82) is 0 Å². The van der Waals surface area contributed by atoms with E-state index in [1.54, 1.807) is 0 Å². The van der Waals surface area contributed by atoms with Gasteiger partial charge in [0.15, 0.2) is 0 Å². The van der Waals surface area contributed by atoms with E-state index in [1.807, 2.05) is 18.2 Å². The average molecular weight is 203 g/mol. The van der Waals surface area contributed by atoms with E-state index in [1.165, 1.54) is 5.56 Å². The van der Waals surface area contributed by atoms with E-state index < -0.39 is 0 Å². The van der Waals surface area contributed by atoms with Crippen molar-refractivity contribution in [3.63, 3.8) is 0 Å². The Balaban J connectivity index is 2.34. The lowest BCUT2D eigenvalue weighted by Gasteiger charge is -2.33. The molecule has 1 heterocycles. The fraction of sp³-hybridized carbons (Fsp3) is 0.462. The predicted molar refractivity (Wildman–Crippen MR) is 61.7 cm³/mol. The molecule has 2 heteroatoms. The summed E-state index contributed by atoms with van der Waals surface area (Å²) in [5, 5.41) is 2.98. The van der Waals surface area contributed by atoms with Crippen LogP contribution in [0.5, 0.6) is 0 Å². The number of hydrogen-bond donors (Lipinski definition) is 1. The van der Waals surface area contributed by atoms with E-state index in [0.29, 0.717) is 0 Å². The van der Waals surface area contributed by atoms with Crippen LogP contribution in [0, 0.1) is 11.3 Å². The minimum Gasteiger partial charge on any atom is -0.326 e. The highest BCUT2D eigenvalue weighted by atomic mass is 16.2. The number of nitrogens with one attached hydrogen (secondary N) is 1. The first-order valence-corrected chi connectivity index (χ1v) is 5.37. The Kier molecular flexibility index (Phi) is 2.29. The highest BCUT2D eigenvalue weighted by Gasteiger charge is 2.34. The number of anilines is 1. The second kappa shape index (κ2) is 3.37. The molecule has 0 aliphatic carbocycles. The summed E-state index contributed by atoms with van der Waals surface area (Å²) in [6.45, 7) is 6.35. The lowest BCUT2D eigenvalue weighted by Crippen LogP contribution is -2.38. The van der Waals surface area contributed by atoms with E-state index in [9.17, 15) is 4.79 Å². The zero-order valence-electron chi connectivity index (χ0n) is 9.50. The van der Waals surface area contributed by atoms with Crippen molar-refractivity contribution in [3.8, 4) is 0 Å². The smallest absolute Gasteiger partial charge is 0.228 e. The second-order valence-electron chi connectivity index (χ2n) is 5.27. The van der Waals surface area contributed by atoms with E-state index in [4.69, 9.17) is 0 Å². The van der Waals surface area contributed by atoms with Crippen LogP contribution >= 0.6 is 0 Å². The van der Waals surface area contributed by atoms with Gasteiger partial charge in [-0.1, -0.05) is 39.0 Å². The van der Waals surface area contributed by atoms with Crippen LogP contribution in [0.2, 0.25) is 0 Å². The fourth-order valence-electron chi connectivity index (χ4n) is 2.05. The van der Waals surface area contributed by atoms with Gasteiger partial charge in [-0.25, -0.2) is 0 Å². The van der Waals surface area contributed by atoms with Crippen LogP contribution in [0.3, 0.4) is 0 Å². The maximum atomic E-state index is 11.9. The molecule has 0 fully saturated rings. The van der Waals surface area contributed by atoms with Crippen LogP contribution in [0.1, 0.15) is 26.3 Å². The molecule has 15 heavy (non-hydrogen) atoms. The van der Waals surface area contributed by atoms with Gasteiger partial charge in [-0.2, -0.15) is 0 Å². The monoisotopic (exact) mass is 203 g/mol. The molecule has 2 nitrogen and oxygen atoms in total. The number of carbonyl (C=O) groups excluding carboxylic acids is 1. The van der Waals surface area contributed by atoms with Crippen molar-refractivity contribution in [2.24, 2.45) is 11.3 Å². The van der Waals surface area contributed by atoms with Crippen LogP contribution in [0.25, 0.3) is 0 Å². The first-order chi connectivity index (χ1) is 6.98. The molecule has 0 spiro atoms.